The number of hydrogen-bond donors (Lipinski definition) is 2. The molecule has 0 aliphatic carbocycles. The summed E-state index contributed by atoms with van der Waals surface area (Å²) in [5.74, 6) is 0.989. The molecule has 0 spiro atoms. The third-order valence-electron chi connectivity index (χ3n) is 2.70. The second-order valence-electron chi connectivity index (χ2n) is 4.11. The fourth-order valence-corrected chi connectivity index (χ4v) is 3.35. The fraction of sp³-hybridized carbons (Fsp3) is 0.133. The number of nitrogens with two attached hydrogens (primary N) is 1. The number of hydrogen-bond acceptors (Lipinski definition) is 3. The molecule has 0 atom stereocenters. The number of anilines is 2. The number of rotatable bonds is 5. The molecule has 20 heavy (non-hydrogen) atoms. The smallest absolute Gasteiger partial charge is 0.107 e. The Balaban J connectivity index is 2.37. The lowest BCUT2D eigenvalue weighted by Crippen LogP contribution is -2.13. The highest BCUT2D eigenvalue weighted by atomic mass is 127. The number of thiocarbonyl (C=S) groups is 1. The van der Waals surface area contributed by atoms with E-state index in [1.54, 1.807) is 11.8 Å². The highest BCUT2D eigenvalue weighted by Crippen LogP contribution is 2.30. The molecule has 0 saturated heterocycles. The molecule has 2 aromatic carbocycles. The van der Waals surface area contributed by atoms with Crippen LogP contribution in [0.5, 0.6) is 0 Å². The highest BCUT2D eigenvalue weighted by Gasteiger charge is 2.11. The molecule has 3 N–H and O–H groups in total. The zero-order chi connectivity index (χ0) is 14.5. The number of benzene rings is 2. The Kier molecular flexibility index (Phi) is 5.68. The third kappa shape index (κ3) is 3.86. The number of halogens is 1. The maximum atomic E-state index is 5.90. The fourth-order valence-electron chi connectivity index (χ4n) is 1.85. The average Bonchev–Trinajstić information content (AvgIpc) is 2.41. The Morgan fingerprint density at radius 1 is 1.25 bits per heavy atom. The topological polar surface area (TPSA) is 38.0 Å². The summed E-state index contributed by atoms with van der Waals surface area (Å²) in [4.78, 5) is 1.55. The van der Waals surface area contributed by atoms with Crippen molar-refractivity contribution in [2.24, 2.45) is 5.73 Å². The first-order valence-corrected chi connectivity index (χ1v) is 8.67. The Morgan fingerprint density at radius 2 is 1.95 bits per heavy atom. The predicted octanol–water partition coefficient (Wildman–Crippen LogP) is 4.78. The summed E-state index contributed by atoms with van der Waals surface area (Å²) in [6.07, 6.45) is 0. The van der Waals surface area contributed by atoms with Crippen LogP contribution in [0.1, 0.15) is 12.5 Å². The second kappa shape index (κ2) is 7.28. The Morgan fingerprint density at radius 3 is 2.55 bits per heavy atom. The van der Waals surface area contributed by atoms with Crippen molar-refractivity contribution in [3.8, 4) is 0 Å². The van der Waals surface area contributed by atoms with Gasteiger partial charge in [-0.1, -0.05) is 25.2 Å². The molecular formula is C15H15IN2S2. The van der Waals surface area contributed by atoms with Gasteiger partial charge in [0, 0.05) is 25.4 Å². The maximum Gasteiger partial charge on any atom is 0.107 e. The van der Waals surface area contributed by atoms with E-state index in [1.807, 2.05) is 24.3 Å². The summed E-state index contributed by atoms with van der Waals surface area (Å²) in [6, 6.07) is 14.3. The second-order valence-corrected chi connectivity index (χ2v) is 7.10. The molecule has 5 heteroatoms. The normalized spacial score (nSPS) is 10.3. The zero-order valence-electron chi connectivity index (χ0n) is 11.0. The van der Waals surface area contributed by atoms with E-state index in [0.29, 0.717) is 4.99 Å². The Hall–Kier alpha value is -0.790. The average molecular weight is 414 g/mol. The molecule has 2 aromatic rings. The molecule has 104 valence electrons. The Bertz CT molecular complexity index is 612. The highest BCUT2D eigenvalue weighted by molar-refractivity contribution is 14.1. The molecule has 0 aromatic heterocycles. The van der Waals surface area contributed by atoms with Crippen molar-refractivity contribution >= 4 is 62.9 Å². The summed E-state index contributed by atoms with van der Waals surface area (Å²) >= 11 is 9.25. The van der Waals surface area contributed by atoms with Gasteiger partial charge in [-0.2, -0.15) is 0 Å². The summed E-state index contributed by atoms with van der Waals surface area (Å²) in [5, 5.41) is 3.40. The quantitative estimate of drug-likeness (QED) is 0.420. The molecule has 0 amide bonds. The van der Waals surface area contributed by atoms with Crippen LogP contribution in [0.3, 0.4) is 0 Å². The summed E-state index contributed by atoms with van der Waals surface area (Å²) in [5.41, 5.74) is 8.81. The molecule has 2 nitrogen and oxygen atoms in total. The molecule has 0 aliphatic heterocycles. The van der Waals surface area contributed by atoms with Crippen LogP contribution >= 0.6 is 46.6 Å². The van der Waals surface area contributed by atoms with Crippen molar-refractivity contribution in [2.75, 3.05) is 11.1 Å². The first-order valence-electron chi connectivity index (χ1n) is 6.20. The standard InChI is InChI=1S/C15H15IN2S2/c1-2-20-13-5-3-4-12(14(13)15(17)19)18-11-8-6-10(16)7-9-11/h3-9,18H,2H2,1H3,(H2,17,19). The van der Waals surface area contributed by atoms with E-state index < -0.39 is 0 Å². The van der Waals surface area contributed by atoms with Crippen molar-refractivity contribution < 1.29 is 0 Å². The molecule has 0 aliphatic rings. The van der Waals surface area contributed by atoms with Gasteiger partial charge < -0.3 is 11.1 Å². The van der Waals surface area contributed by atoms with E-state index in [1.165, 1.54) is 3.57 Å². The van der Waals surface area contributed by atoms with E-state index >= 15 is 0 Å². The molecule has 0 unspecified atom stereocenters. The van der Waals surface area contributed by atoms with Crippen molar-refractivity contribution in [3.05, 3.63) is 51.6 Å². The van der Waals surface area contributed by atoms with Gasteiger partial charge in [-0.25, -0.2) is 0 Å². The van der Waals surface area contributed by atoms with Gasteiger partial charge in [0.2, 0.25) is 0 Å². The zero-order valence-corrected chi connectivity index (χ0v) is 14.8. The van der Waals surface area contributed by atoms with Gasteiger partial charge in [0.15, 0.2) is 0 Å². The van der Waals surface area contributed by atoms with Crippen LogP contribution in [0, 0.1) is 3.57 Å². The molecule has 0 heterocycles. The van der Waals surface area contributed by atoms with Crippen LogP contribution in [-0.4, -0.2) is 10.7 Å². The van der Waals surface area contributed by atoms with Crippen molar-refractivity contribution in [3.63, 3.8) is 0 Å². The van der Waals surface area contributed by atoms with Crippen LogP contribution in [0.2, 0.25) is 0 Å². The lowest BCUT2D eigenvalue weighted by molar-refractivity contribution is 1.38. The van der Waals surface area contributed by atoms with E-state index in [-0.39, 0.29) is 0 Å². The van der Waals surface area contributed by atoms with Gasteiger partial charge >= 0.3 is 0 Å². The maximum absolute atomic E-state index is 5.90. The molecule has 0 saturated carbocycles. The van der Waals surface area contributed by atoms with E-state index in [2.05, 4.69) is 53.0 Å². The van der Waals surface area contributed by atoms with Gasteiger partial charge in [-0.3, -0.25) is 0 Å². The first kappa shape index (κ1) is 15.6. The van der Waals surface area contributed by atoms with Crippen LogP contribution in [0.25, 0.3) is 0 Å². The molecular weight excluding hydrogens is 399 g/mol. The predicted molar refractivity (Wildman–Crippen MR) is 101 cm³/mol. The van der Waals surface area contributed by atoms with E-state index in [0.717, 1.165) is 27.6 Å². The minimum atomic E-state index is 0.426. The van der Waals surface area contributed by atoms with Crippen LogP contribution < -0.4 is 11.1 Å². The molecule has 0 bridgehead atoms. The summed E-state index contributed by atoms with van der Waals surface area (Å²) in [7, 11) is 0. The first-order chi connectivity index (χ1) is 9.61. The summed E-state index contributed by atoms with van der Waals surface area (Å²) < 4.78 is 1.21. The monoisotopic (exact) mass is 414 g/mol. The molecule has 2 rings (SSSR count). The number of thioether (sulfide) groups is 1. The van der Waals surface area contributed by atoms with Gasteiger partial charge in [-0.15, -0.1) is 11.8 Å². The lowest BCUT2D eigenvalue weighted by atomic mass is 10.1. The van der Waals surface area contributed by atoms with Crippen LogP contribution in [0.15, 0.2) is 47.4 Å². The van der Waals surface area contributed by atoms with E-state index in [4.69, 9.17) is 18.0 Å². The largest absolute Gasteiger partial charge is 0.389 e. The van der Waals surface area contributed by atoms with Crippen molar-refractivity contribution in [1.29, 1.82) is 0 Å². The lowest BCUT2D eigenvalue weighted by Gasteiger charge is -2.15. The van der Waals surface area contributed by atoms with Crippen molar-refractivity contribution in [1.82, 2.24) is 0 Å². The van der Waals surface area contributed by atoms with Crippen LogP contribution in [0.4, 0.5) is 11.4 Å². The molecule has 0 radical (unpaired) electrons. The third-order valence-corrected chi connectivity index (χ3v) is 4.56. The summed E-state index contributed by atoms with van der Waals surface area (Å²) in [6.45, 7) is 2.12. The minimum absolute atomic E-state index is 0.426. The van der Waals surface area contributed by atoms with Crippen LogP contribution in [-0.2, 0) is 0 Å². The van der Waals surface area contributed by atoms with Gasteiger partial charge in [-0.05, 0) is 64.7 Å². The van der Waals surface area contributed by atoms with Gasteiger partial charge in [0.1, 0.15) is 4.99 Å². The van der Waals surface area contributed by atoms with E-state index in [9.17, 15) is 0 Å². The van der Waals surface area contributed by atoms with Gasteiger partial charge in [0.25, 0.3) is 0 Å². The molecule has 0 fully saturated rings. The van der Waals surface area contributed by atoms with Gasteiger partial charge in [0.05, 0.1) is 0 Å². The van der Waals surface area contributed by atoms with Crippen molar-refractivity contribution in [2.45, 2.75) is 11.8 Å². The number of nitrogens with one attached hydrogen (secondary N) is 1. The SMILES string of the molecule is CCSc1cccc(Nc2ccc(I)cc2)c1C(N)=S. The Labute approximate surface area is 142 Å². The minimum Gasteiger partial charge on any atom is -0.389 e.